The molecule has 1 radical (unpaired) electrons. The number of rotatable bonds is 1. The average molecular weight is 555 g/mol. The molecule has 199 valence electrons. The summed E-state index contributed by atoms with van der Waals surface area (Å²) < 4.78 is 9.46. The molecule has 0 saturated heterocycles. The summed E-state index contributed by atoms with van der Waals surface area (Å²) in [7, 11) is 2.40. The number of benzene rings is 7. The summed E-state index contributed by atoms with van der Waals surface area (Å²) in [5, 5.41) is 12.5. The van der Waals surface area contributed by atoms with Crippen LogP contribution >= 0.6 is 0 Å². The van der Waals surface area contributed by atoms with Crippen LogP contribution in [0.1, 0.15) is 0 Å². The van der Waals surface area contributed by atoms with E-state index < -0.39 is 0 Å². The van der Waals surface area contributed by atoms with Gasteiger partial charge in [0.1, 0.15) is 11.2 Å². The van der Waals surface area contributed by atoms with Gasteiger partial charge in [0.2, 0.25) is 0 Å². The van der Waals surface area contributed by atoms with Crippen LogP contribution in [0, 0.1) is 0 Å². The van der Waals surface area contributed by atoms with E-state index in [0.717, 1.165) is 38.7 Å². The Bertz CT molecular complexity index is 3080. The highest BCUT2D eigenvalue weighted by Crippen LogP contribution is 2.48. The van der Waals surface area contributed by atoms with Crippen molar-refractivity contribution in [1.82, 2.24) is 9.38 Å². The van der Waals surface area contributed by atoms with E-state index in [2.05, 4.69) is 132 Å². The molecule has 1 aliphatic rings. The lowest BCUT2D eigenvalue weighted by molar-refractivity contribution is 0.670. The van der Waals surface area contributed by atoms with Crippen molar-refractivity contribution in [3.8, 4) is 11.1 Å². The Kier molecular flexibility index (Phi) is 3.60. The molecule has 12 rings (SSSR count). The molecule has 0 spiro atoms. The summed E-state index contributed by atoms with van der Waals surface area (Å²) in [5.41, 5.74) is 12.8. The second kappa shape index (κ2) is 7.24. The molecule has 44 heavy (non-hydrogen) atoms. The van der Waals surface area contributed by atoms with Gasteiger partial charge in [0.15, 0.2) is 7.28 Å². The van der Waals surface area contributed by atoms with Gasteiger partial charge in [-0.15, -0.1) is 0 Å². The fourth-order valence-corrected chi connectivity index (χ4v) is 8.53. The van der Waals surface area contributed by atoms with Crippen LogP contribution < -0.4 is 10.9 Å². The molecular weight excluding hydrogens is 535 g/mol. The Balaban J connectivity index is 1.35. The highest BCUT2D eigenvalue weighted by atomic mass is 16.3. The first kappa shape index (κ1) is 21.9. The van der Waals surface area contributed by atoms with Crippen LogP contribution in [0.15, 0.2) is 120 Å². The number of H-pyrrole nitrogens is 1. The molecule has 0 atom stereocenters. The molecule has 0 saturated carbocycles. The van der Waals surface area contributed by atoms with Crippen molar-refractivity contribution < 1.29 is 4.42 Å². The average Bonchev–Trinajstić information content (AvgIpc) is 3.81. The Morgan fingerprint density at radius 3 is 2.23 bits per heavy atom. The van der Waals surface area contributed by atoms with Crippen molar-refractivity contribution in [2.24, 2.45) is 0 Å². The number of aromatic amines is 1. The third kappa shape index (κ3) is 2.36. The molecule has 4 aromatic heterocycles. The molecule has 0 aliphatic carbocycles. The third-order valence-corrected chi connectivity index (χ3v) is 10.2. The lowest BCUT2D eigenvalue weighted by Gasteiger charge is -2.19. The molecule has 5 heterocycles. The summed E-state index contributed by atoms with van der Waals surface area (Å²) in [5.74, 6) is 0. The van der Waals surface area contributed by atoms with E-state index in [1.807, 2.05) is 0 Å². The van der Waals surface area contributed by atoms with Crippen molar-refractivity contribution in [3.63, 3.8) is 0 Å². The summed E-state index contributed by atoms with van der Waals surface area (Å²) in [6.45, 7) is 0. The van der Waals surface area contributed by atoms with Gasteiger partial charge >= 0.3 is 0 Å². The van der Waals surface area contributed by atoms with Gasteiger partial charge in [0, 0.05) is 70.8 Å². The van der Waals surface area contributed by atoms with Gasteiger partial charge in [0.25, 0.3) is 0 Å². The van der Waals surface area contributed by atoms with E-state index in [1.165, 1.54) is 76.0 Å². The molecule has 0 amide bonds. The molecule has 0 bridgehead atoms. The van der Waals surface area contributed by atoms with Crippen LogP contribution in [0.5, 0.6) is 0 Å². The monoisotopic (exact) mass is 555 g/mol. The minimum absolute atomic E-state index is 0.920. The fraction of sp³-hybridized carbons (Fsp3) is 0. The van der Waals surface area contributed by atoms with Gasteiger partial charge in [-0.25, -0.2) is 0 Å². The van der Waals surface area contributed by atoms with Crippen LogP contribution in [0.4, 0.5) is 0 Å². The zero-order valence-corrected chi connectivity index (χ0v) is 23.4. The van der Waals surface area contributed by atoms with E-state index in [4.69, 9.17) is 4.42 Å². The van der Waals surface area contributed by atoms with E-state index in [1.54, 1.807) is 0 Å². The molecule has 7 aromatic carbocycles. The minimum atomic E-state index is 0.920. The maximum atomic E-state index is 6.91. The predicted molar refractivity (Wildman–Crippen MR) is 186 cm³/mol. The van der Waals surface area contributed by atoms with Crippen molar-refractivity contribution in [2.75, 3.05) is 0 Å². The highest BCUT2D eigenvalue weighted by molar-refractivity contribution is 6.76. The Morgan fingerprint density at radius 1 is 0.568 bits per heavy atom. The molecule has 3 nitrogen and oxygen atoms in total. The van der Waals surface area contributed by atoms with Gasteiger partial charge < -0.3 is 13.8 Å². The van der Waals surface area contributed by atoms with Crippen LogP contribution in [-0.2, 0) is 0 Å². The molecule has 4 heteroatoms. The van der Waals surface area contributed by atoms with Crippen molar-refractivity contribution in [2.45, 2.75) is 0 Å². The molecule has 1 N–H and O–H groups in total. The Labute approximate surface area is 250 Å². The normalized spacial score (nSPS) is 13.2. The topological polar surface area (TPSA) is 33.3 Å². The molecule has 11 aromatic rings. The van der Waals surface area contributed by atoms with E-state index in [9.17, 15) is 0 Å². The molecule has 1 aliphatic heterocycles. The molecular formula is C40H20BN2O. The number of nitrogens with one attached hydrogen (secondary N) is 1. The van der Waals surface area contributed by atoms with Gasteiger partial charge in [0.05, 0.1) is 11.0 Å². The number of hydrogen-bond acceptors (Lipinski definition) is 1. The zero-order valence-electron chi connectivity index (χ0n) is 23.4. The van der Waals surface area contributed by atoms with Gasteiger partial charge in [-0.1, -0.05) is 103 Å². The van der Waals surface area contributed by atoms with Crippen molar-refractivity contribution in [1.29, 1.82) is 0 Å². The van der Waals surface area contributed by atoms with Crippen LogP contribution in [0.25, 0.3) is 104 Å². The van der Waals surface area contributed by atoms with Gasteiger partial charge in [-0.3, -0.25) is 0 Å². The van der Waals surface area contributed by atoms with Crippen LogP contribution in [0.3, 0.4) is 0 Å². The predicted octanol–water partition coefficient (Wildman–Crippen LogP) is 9.16. The lowest BCUT2D eigenvalue weighted by Crippen LogP contribution is -2.34. The van der Waals surface area contributed by atoms with Crippen LogP contribution in [0.2, 0.25) is 0 Å². The molecule has 0 fully saturated rings. The summed E-state index contributed by atoms with van der Waals surface area (Å²) in [4.78, 5) is 3.86. The summed E-state index contributed by atoms with van der Waals surface area (Å²) >= 11 is 0. The number of nitrogens with zero attached hydrogens (tertiary/aromatic N) is 1. The third-order valence-electron chi connectivity index (χ3n) is 10.2. The van der Waals surface area contributed by atoms with Crippen LogP contribution in [-0.4, -0.2) is 16.7 Å². The first-order chi connectivity index (χ1) is 21.8. The number of furan rings is 1. The van der Waals surface area contributed by atoms with E-state index >= 15 is 0 Å². The standard InChI is InChI=1S/C40H20BN2O/c1-2-9-21-19-30-28(18-20(21)8-1)22-11-5-14-26(36(22)42-30)34-35-39-32(33-25-10-3-4-17-31(25)44-40(33)34)27-15-6-12-23-24-13-7-16-29(41-35)38(24)43(39)37(23)27/h1-19,42H. The smallest absolute Gasteiger partial charge is 0.198 e. The first-order valence-electron chi connectivity index (χ1n) is 15.2. The second-order valence-corrected chi connectivity index (χ2v) is 12.3. The largest absolute Gasteiger partial charge is 0.455 e. The maximum absolute atomic E-state index is 6.91. The van der Waals surface area contributed by atoms with E-state index in [0.29, 0.717) is 0 Å². The minimum Gasteiger partial charge on any atom is -0.455 e. The number of aromatic nitrogens is 2. The molecule has 0 unspecified atom stereocenters. The highest BCUT2D eigenvalue weighted by Gasteiger charge is 2.32. The number of para-hydroxylation sites is 4. The summed E-state index contributed by atoms with van der Waals surface area (Å²) in [6.07, 6.45) is 0. The second-order valence-electron chi connectivity index (χ2n) is 12.3. The first-order valence-corrected chi connectivity index (χ1v) is 15.2. The quantitative estimate of drug-likeness (QED) is 0.201. The number of fused-ring (bicyclic) bond motifs is 10. The maximum Gasteiger partial charge on any atom is 0.198 e. The zero-order chi connectivity index (χ0) is 28.3. The summed E-state index contributed by atoms with van der Waals surface area (Å²) in [6, 6.07) is 41.9. The van der Waals surface area contributed by atoms with Gasteiger partial charge in [-0.05, 0) is 34.4 Å². The van der Waals surface area contributed by atoms with E-state index in [-0.39, 0.29) is 0 Å². The van der Waals surface area contributed by atoms with Crippen molar-refractivity contribution in [3.05, 3.63) is 115 Å². The lowest BCUT2D eigenvalue weighted by atomic mass is 9.59. The fourth-order valence-electron chi connectivity index (χ4n) is 8.53. The number of hydrogen-bond donors (Lipinski definition) is 1. The SMILES string of the molecule is [B]1c2cccc3c4cccc5c6c7c(oc8ccccc87)c(-c7cccc8c7[nH]c7cc9ccccc9cc78)c1c6n(c23)c45. The van der Waals surface area contributed by atoms with Gasteiger partial charge in [-0.2, -0.15) is 0 Å². The Morgan fingerprint density at radius 2 is 1.30 bits per heavy atom. The van der Waals surface area contributed by atoms with Crippen molar-refractivity contribution >= 4 is 111 Å². The Hall–Kier alpha value is -5.74.